The van der Waals surface area contributed by atoms with E-state index in [9.17, 15) is 19.6 Å². The highest BCUT2D eigenvalue weighted by Gasteiger charge is 2.40. The maximum absolute atomic E-state index is 13.1. The molecule has 3 heterocycles. The van der Waals surface area contributed by atoms with Crippen LogP contribution in [0.5, 0.6) is 0 Å². The molecule has 1 N–H and O–H groups in total. The molecule has 2 fully saturated rings. The van der Waals surface area contributed by atoms with Gasteiger partial charge in [-0.3, -0.25) is 19.7 Å². The number of amides is 3. The van der Waals surface area contributed by atoms with Gasteiger partial charge >= 0.3 is 0 Å². The van der Waals surface area contributed by atoms with Crippen molar-refractivity contribution >= 4 is 51.9 Å². The third-order valence-corrected chi connectivity index (χ3v) is 9.79. The lowest BCUT2D eigenvalue weighted by molar-refractivity contribution is -0.136. The Morgan fingerprint density at radius 2 is 1.92 bits per heavy atom. The summed E-state index contributed by atoms with van der Waals surface area (Å²) in [5.74, 6) is -0.777. The molecule has 2 aromatic carbocycles. The number of hydrogen-bond acceptors (Lipinski definition) is 5. The van der Waals surface area contributed by atoms with Gasteiger partial charge in [0.2, 0.25) is 11.8 Å². The van der Waals surface area contributed by atoms with Gasteiger partial charge in [0.05, 0.1) is 16.5 Å². The number of halogens is 2. The van der Waals surface area contributed by atoms with Gasteiger partial charge in [-0.1, -0.05) is 29.8 Å². The van der Waals surface area contributed by atoms with Crippen LogP contribution in [0.4, 0.5) is 0 Å². The van der Waals surface area contributed by atoms with Crippen molar-refractivity contribution in [2.45, 2.75) is 62.9 Å². The predicted octanol–water partition coefficient (Wildman–Crippen LogP) is 4.59. The summed E-state index contributed by atoms with van der Waals surface area (Å²) in [5.41, 5.74) is 3.45. The molecule has 1 unspecified atom stereocenters. The van der Waals surface area contributed by atoms with Crippen LogP contribution in [-0.4, -0.2) is 53.2 Å². The van der Waals surface area contributed by atoms with Crippen molar-refractivity contribution in [1.29, 1.82) is 5.26 Å². The van der Waals surface area contributed by atoms with Crippen LogP contribution in [0.2, 0.25) is 5.02 Å². The molecule has 9 heteroatoms. The zero-order chi connectivity index (χ0) is 26.9. The Balaban J connectivity index is 1.13. The lowest BCUT2D eigenvalue weighted by Gasteiger charge is -2.37. The smallest absolute Gasteiger partial charge is 0.255 e. The Morgan fingerprint density at radius 3 is 2.63 bits per heavy atom. The fourth-order valence-electron chi connectivity index (χ4n) is 5.95. The van der Waals surface area contributed by atoms with Crippen LogP contribution in [0.25, 0.3) is 0 Å². The molecule has 2 aromatic rings. The highest BCUT2D eigenvalue weighted by Crippen LogP contribution is 2.37. The van der Waals surface area contributed by atoms with Crippen LogP contribution >= 0.6 is 34.2 Å². The second kappa shape index (κ2) is 11.3. The van der Waals surface area contributed by atoms with Gasteiger partial charge in [0, 0.05) is 22.1 Å². The first-order valence-corrected chi connectivity index (χ1v) is 14.6. The monoisotopic (exact) mass is 644 g/mol. The summed E-state index contributed by atoms with van der Waals surface area (Å²) >= 11 is 8.42. The van der Waals surface area contributed by atoms with Crippen LogP contribution in [0, 0.1) is 14.9 Å². The maximum Gasteiger partial charge on any atom is 0.255 e. The second-order valence-corrected chi connectivity index (χ2v) is 12.0. The fraction of sp³-hybridized carbons (Fsp3) is 0.448. The van der Waals surface area contributed by atoms with Crippen molar-refractivity contribution in [3.63, 3.8) is 0 Å². The zero-order valence-electron chi connectivity index (χ0n) is 21.1. The number of imide groups is 1. The minimum atomic E-state index is -0.587. The van der Waals surface area contributed by atoms with E-state index in [-0.39, 0.29) is 24.1 Å². The van der Waals surface area contributed by atoms with Crippen molar-refractivity contribution in [3.05, 3.63) is 67.2 Å². The van der Waals surface area contributed by atoms with E-state index in [4.69, 9.17) is 11.6 Å². The number of unbranched alkanes of at least 4 members (excludes halogenated alkanes) is 1. The van der Waals surface area contributed by atoms with Gasteiger partial charge < -0.3 is 9.80 Å². The molecule has 1 atom stereocenters. The summed E-state index contributed by atoms with van der Waals surface area (Å²) in [6.45, 7) is 3.18. The van der Waals surface area contributed by atoms with Gasteiger partial charge in [-0.15, -0.1) is 0 Å². The Morgan fingerprint density at radius 1 is 1.13 bits per heavy atom. The number of benzene rings is 2. The molecule has 5 rings (SSSR count). The van der Waals surface area contributed by atoms with E-state index in [2.05, 4.69) is 44.9 Å². The van der Waals surface area contributed by atoms with E-state index < -0.39 is 11.5 Å². The Bertz CT molecular complexity index is 1320. The van der Waals surface area contributed by atoms with Crippen LogP contribution < -0.4 is 5.32 Å². The molecule has 7 nitrogen and oxygen atoms in total. The van der Waals surface area contributed by atoms with Gasteiger partial charge in [0.15, 0.2) is 0 Å². The van der Waals surface area contributed by atoms with Gasteiger partial charge in [-0.25, -0.2) is 0 Å². The van der Waals surface area contributed by atoms with E-state index >= 15 is 0 Å². The molecule has 3 aliphatic rings. The van der Waals surface area contributed by atoms with Crippen LogP contribution in [0.1, 0.15) is 65.6 Å². The van der Waals surface area contributed by atoms with E-state index in [0.717, 1.165) is 77.0 Å². The van der Waals surface area contributed by atoms with Crippen molar-refractivity contribution in [2.24, 2.45) is 0 Å². The van der Waals surface area contributed by atoms with Gasteiger partial charge in [0.1, 0.15) is 6.04 Å². The first-order chi connectivity index (χ1) is 18.3. The van der Waals surface area contributed by atoms with Crippen LogP contribution in [0.15, 0.2) is 36.4 Å². The highest BCUT2D eigenvalue weighted by molar-refractivity contribution is 14.1. The van der Waals surface area contributed by atoms with Gasteiger partial charge in [-0.2, -0.15) is 5.26 Å². The Labute approximate surface area is 241 Å². The predicted molar refractivity (Wildman–Crippen MR) is 153 cm³/mol. The number of nitrogens with zero attached hydrogens (tertiary/aromatic N) is 3. The molecular weight excluding hydrogens is 615 g/mol. The molecule has 38 heavy (non-hydrogen) atoms. The quantitative estimate of drug-likeness (QED) is 0.271. The normalized spacial score (nSPS) is 21.2. The van der Waals surface area contributed by atoms with Crippen LogP contribution in [-0.2, 0) is 28.0 Å². The summed E-state index contributed by atoms with van der Waals surface area (Å²) in [6, 6.07) is 13.8. The van der Waals surface area contributed by atoms with Crippen molar-refractivity contribution in [1.82, 2.24) is 15.1 Å². The third kappa shape index (κ3) is 5.33. The van der Waals surface area contributed by atoms with Gasteiger partial charge in [0.25, 0.3) is 5.91 Å². The molecule has 3 aliphatic heterocycles. The number of fused-ring (bicyclic) bond motifs is 1. The van der Waals surface area contributed by atoms with E-state index in [0.29, 0.717) is 18.5 Å². The minimum Gasteiger partial charge on any atom is -0.322 e. The number of aryl methyl sites for hydroxylation is 1. The molecule has 0 spiro atoms. The third-order valence-electron chi connectivity index (χ3n) is 8.25. The molecule has 0 radical (unpaired) electrons. The molecule has 198 valence electrons. The first-order valence-electron chi connectivity index (χ1n) is 13.2. The number of hydrogen-bond donors (Lipinski definition) is 1. The lowest BCUT2D eigenvalue weighted by Crippen LogP contribution is -2.52. The molecule has 0 saturated carbocycles. The number of piperidine rings is 2. The largest absolute Gasteiger partial charge is 0.322 e. The topological polar surface area (TPSA) is 93.5 Å². The standard InChI is InChI=1S/C29H30ClIN4O3/c30-23-8-7-20(16-24(23)31)29(18-32)11-14-34(15-12-29)13-2-1-4-19-5-3-6-21-22(19)17-35(28(21)38)25-9-10-26(36)33-27(25)37/h3,5-8,16,25H,1-2,4,9-15,17H2,(H,33,36,37). The lowest BCUT2D eigenvalue weighted by atomic mass is 9.74. The van der Waals surface area contributed by atoms with E-state index in [1.165, 1.54) is 0 Å². The van der Waals surface area contributed by atoms with Crippen LogP contribution in [0.3, 0.4) is 0 Å². The fourth-order valence-corrected chi connectivity index (χ4v) is 6.58. The van der Waals surface area contributed by atoms with E-state index in [1.54, 1.807) is 4.90 Å². The SMILES string of the molecule is N#CC1(c2ccc(Cl)c(I)c2)CCN(CCCCc2cccc3c2CN(C2CCC(=O)NC2=O)C3=O)CC1. The summed E-state index contributed by atoms with van der Waals surface area (Å²) < 4.78 is 0.980. The summed E-state index contributed by atoms with van der Waals surface area (Å²) in [7, 11) is 0. The summed E-state index contributed by atoms with van der Waals surface area (Å²) in [6.07, 6.45) is 5.16. The molecular formula is C29H30ClIN4O3. The first kappa shape index (κ1) is 27.1. The molecule has 2 saturated heterocycles. The van der Waals surface area contributed by atoms with Crippen molar-refractivity contribution in [2.75, 3.05) is 19.6 Å². The summed E-state index contributed by atoms with van der Waals surface area (Å²) in [5, 5.41) is 13.1. The van der Waals surface area contributed by atoms with Crippen molar-refractivity contribution < 1.29 is 14.4 Å². The number of carbonyl (C=O) groups is 3. The molecule has 0 bridgehead atoms. The Kier molecular flexibility index (Phi) is 8.08. The maximum atomic E-state index is 13.1. The number of carbonyl (C=O) groups excluding carboxylic acids is 3. The molecule has 0 aliphatic carbocycles. The number of nitriles is 1. The van der Waals surface area contributed by atoms with Gasteiger partial charge in [-0.05, 0) is 116 Å². The summed E-state index contributed by atoms with van der Waals surface area (Å²) in [4.78, 5) is 41.0. The number of likely N-dealkylation sites (tertiary alicyclic amines) is 1. The molecule has 3 amide bonds. The van der Waals surface area contributed by atoms with E-state index in [1.807, 2.05) is 30.3 Å². The second-order valence-electron chi connectivity index (χ2n) is 10.5. The average Bonchev–Trinajstić information content (AvgIpc) is 3.25. The zero-order valence-corrected chi connectivity index (χ0v) is 24.1. The Hall–Kier alpha value is -2.48. The minimum absolute atomic E-state index is 0.124. The average molecular weight is 645 g/mol. The number of nitrogens with one attached hydrogen (secondary N) is 1. The van der Waals surface area contributed by atoms with Crippen molar-refractivity contribution in [3.8, 4) is 6.07 Å². The highest BCUT2D eigenvalue weighted by atomic mass is 127. The number of rotatable bonds is 7. The molecule has 0 aromatic heterocycles.